The lowest BCUT2D eigenvalue weighted by Crippen LogP contribution is -2.32. The van der Waals surface area contributed by atoms with Gasteiger partial charge in [-0.15, -0.1) is 0 Å². The van der Waals surface area contributed by atoms with E-state index in [0.717, 1.165) is 18.0 Å². The zero-order valence-electron chi connectivity index (χ0n) is 10.8. The van der Waals surface area contributed by atoms with Gasteiger partial charge in [0.1, 0.15) is 0 Å². The van der Waals surface area contributed by atoms with Crippen molar-refractivity contribution in [2.75, 3.05) is 5.75 Å². The number of rotatable bonds is 5. The van der Waals surface area contributed by atoms with Crippen molar-refractivity contribution in [3.8, 4) is 0 Å². The summed E-state index contributed by atoms with van der Waals surface area (Å²) in [7, 11) is 0. The van der Waals surface area contributed by atoms with Crippen molar-refractivity contribution >= 4 is 23.4 Å². The van der Waals surface area contributed by atoms with Crippen LogP contribution < -0.4 is 11.3 Å². The molecular weight excluding hydrogens is 256 g/mol. The largest absolute Gasteiger partial charge is 0.271 e. The molecule has 6 heteroatoms. The average molecular weight is 277 g/mol. The summed E-state index contributed by atoms with van der Waals surface area (Å²) in [6.45, 7) is 9.38. The fourth-order valence-electron chi connectivity index (χ4n) is 1.51. The van der Waals surface area contributed by atoms with Crippen LogP contribution in [-0.2, 0) is 6.54 Å². The van der Waals surface area contributed by atoms with Crippen molar-refractivity contribution in [1.29, 1.82) is 0 Å². The van der Waals surface area contributed by atoms with Crippen LogP contribution in [0.25, 0.3) is 0 Å². The van der Waals surface area contributed by atoms with Gasteiger partial charge in [-0.25, -0.2) is 0 Å². The van der Waals surface area contributed by atoms with E-state index < -0.39 is 0 Å². The average Bonchev–Trinajstić information content (AvgIpc) is 2.60. The van der Waals surface area contributed by atoms with E-state index in [1.807, 2.05) is 23.4 Å². The molecule has 4 nitrogen and oxygen atoms in total. The first-order valence-electron chi connectivity index (χ1n) is 5.70. The Hall–Kier alpha value is -0.230. The molecule has 1 unspecified atom stereocenters. The Kier molecular flexibility index (Phi) is 5.31. The Balaban J connectivity index is 2.82. The van der Waals surface area contributed by atoms with Crippen LogP contribution in [0.15, 0.2) is 6.20 Å². The summed E-state index contributed by atoms with van der Waals surface area (Å²) in [6, 6.07) is 0.0224. The van der Waals surface area contributed by atoms with E-state index >= 15 is 0 Å². The molecule has 0 amide bonds. The third-order valence-electron chi connectivity index (χ3n) is 2.35. The van der Waals surface area contributed by atoms with E-state index in [4.69, 9.17) is 17.4 Å². The Labute approximate surface area is 112 Å². The minimum atomic E-state index is 0.0224. The summed E-state index contributed by atoms with van der Waals surface area (Å²) in [5, 5.41) is 4.90. The molecule has 1 aromatic rings. The van der Waals surface area contributed by atoms with Crippen LogP contribution in [0.2, 0.25) is 5.02 Å². The summed E-state index contributed by atoms with van der Waals surface area (Å²) >= 11 is 8.01. The lowest BCUT2D eigenvalue weighted by Gasteiger charge is -2.23. The first-order chi connectivity index (χ1) is 7.89. The number of nitrogens with two attached hydrogens (primary N) is 1. The van der Waals surface area contributed by atoms with E-state index in [-0.39, 0.29) is 10.8 Å². The highest BCUT2D eigenvalue weighted by Gasteiger charge is 2.21. The maximum absolute atomic E-state index is 6.16. The Morgan fingerprint density at radius 3 is 2.71 bits per heavy atom. The second kappa shape index (κ2) is 6.09. The lowest BCUT2D eigenvalue weighted by molar-refractivity contribution is 0.526. The predicted molar refractivity (Wildman–Crippen MR) is 75.2 cm³/mol. The zero-order valence-corrected chi connectivity index (χ0v) is 12.4. The second-order valence-corrected chi connectivity index (χ2v) is 7.09. The van der Waals surface area contributed by atoms with Crippen LogP contribution in [0.5, 0.6) is 0 Å². The van der Waals surface area contributed by atoms with Crippen molar-refractivity contribution in [2.45, 2.75) is 45.0 Å². The van der Waals surface area contributed by atoms with Crippen molar-refractivity contribution in [3.05, 3.63) is 16.9 Å². The number of aromatic nitrogens is 2. The minimum absolute atomic E-state index is 0.0224. The molecule has 1 atom stereocenters. The molecule has 3 N–H and O–H groups in total. The van der Waals surface area contributed by atoms with E-state index in [2.05, 4.69) is 31.3 Å². The summed E-state index contributed by atoms with van der Waals surface area (Å²) < 4.78 is 2.09. The highest BCUT2D eigenvalue weighted by Crippen LogP contribution is 2.30. The van der Waals surface area contributed by atoms with Gasteiger partial charge in [0.25, 0.3) is 0 Å². The monoisotopic (exact) mass is 276 g/mol. The molecule has 98 valence electrons. The molecular formula is C11H21ClN4S. The number of aryl methyl sites for hydroxylation is 1. The van der Waals surface area contributed by atoms with Crippen LogP contribution in [0.1, 0.15) is 39.4 Å². The number of hydrogen-bond acceptors (Lipinski definition) is 4. The Morgan fingerprint density at radius 1 is 1.59 bits per heavy atom. The maximum Gasteiger partial charge on any atom is 0.0834 e. The third-order valence-corrected chi connectivity index (χ3v) is 4.00. The van der Waals surface area contributed by atoms with Crippen LogP contribution in [-0.4, -0.2) is 20.3 Å². The van der Waals surface area contributed by atoms with Gasteiger partial charge in [0.2, 0.25) is 0 Å². The Morgan fingerprint density at radius 2 is 2.24 bits per heavy atom. The van der Waals surface area contributed by atoms with Gasteiger partial charge in [-0.1, -0.05) is 32.4 Å². The fraction of sp³-hybridized carbons (Fsp3) is 0.727. The molecule has 1 heterocycles. The van der Waals surface area contributed by atoms with Gasteiger partial charge >= 0.3 is 0 Å². The van der Waals surface area contributed by atoms with Crippen molar-refractivity contribution in [3.63, 3.8) is 0 Å². The number of thioether (sulfide) groups is 1. The topological polar surface area (TPSA) is 55.9 Å². The molecule has 0 aliphatic rings. The third kappa shape index (κ3) is 4.17. The standard InChI is InChI=1S/C11H21ClN4S/c1-5-16-10(8(12)6-14-16)9(15-13)7-17-11(2,3)4/h6,9,15H,5,7,13H2,1-4H3. The number of nitrogens with zero attached hydrogens (tertiary/aromatic N) is 2. The molecule has 0 saturated heterocycles. The molecule has 0 aliphatic carbocycles. The van der Waals surface area contributed by atoms with Gasteiger partial charge in [0, 0.05) is 17.0 Å². The number of hydrogen-bond donors (Lipinski definition) is 2. The predicted octanol–water partition coefficient (Wildman–Crippen LogP) is 2.59. The summed E-state index contributed by atoms with van der Waals surface area (Å²) in [5.74, 6) is 6.49. The van der Waals surface area contributed by atoms with Crippen LogP contribution in [0.4, 0.5) is 0 Å². The molecule has 1 aromatic heterocycles. The molecule has 0 aromatic carbocycles. The van der Waals surface area contributed by atoms with Gasteiger partial charge in [-0.2, -0.15) is 16.9 Å². The molecule has 0 radical (unpaired) electrons. The SMILES string of the molecule is CCn1ncc(Cl)c1C(CSC(C)(C)C)NN. The first-order valence-corrected chi connectivity index (χ1v) is 7.06. The number of hydrazine groups is 1. The molecule has 0 bridgehead atoms. The van der Waals surface area contributed by atoms with Crippen LogP contribution >= 0.6 is 23.4 Å². The van der Waals surface area contributed by atoms with Crippen molar-refractivity contribution in [1.82, 2.24) is 15.2 Å². The van der Waals surface area contributed by atoms with E-state index in [1.165, 1.54) is 0 Å². The summed E-state index contributed by atoms with van der Waals surface area (Å²) in [5.41, 5.74) is 3.79. The van der Waals surface area contributed by atoms with E-state index in [0.29, 0.717) is 5.02 Å². The summed E-state index contributed by atoms with van der Waals surface area (Å²) in [4.78, 5) is 0. The van der Waals surface area contributed by atoms with Gasteiger partial charge in [-0.05, 0) is 6.92 Å². The van der Waals surface area contributed by atoms with Crippen LogP contribution in [0.3, 0.4) is 0 Å². The lowest BCUT2D eigenvalue weighted by atomic mass is 10.2. The number of nitrogens with one attached hydrogen (secondary N) is 1. The quantitative estimate of drug-likeness (QED) is 0.641. The van der Waals surface area contributed by atoms with Gasteiger partial charge in [0.05, 0.1) is 23.0 Å². The molecule has 17 heavy (non-hydrogen) atoms. The smallest absolute Gasteiger partial charge is 0.0834 e. The van der Waals surface area contributed by atoms with E-state index in [9.17, 15) is 0 Å². The van der Waals surface area contributed by atoms with Gasteiger partial charge in [-0.3, -0.25) is 16.0 Å². The summed E-state index contributed by atoms with van der Waals surface area (Å²) in [6.07, 6.45) is 1.67. The maximum atomic E-state index is 6.16. The number of halogens is 1. The normalized spacial score (nSPS) is 14.0. The fourth-order valence-corrected chi connectivity index (χ4v) is 2.70. The second-order valence-electron chi connectivity index (χ2n) is 4.84. The van der Waals surface area contributed by atoms with E-state index in [1.54, 1.807) is 6.20 Å². The van der Waals surface area contributed by atoms with Crippen molar-refractivity contribution in [2.24, 2.45) is 5.84 Å². The molecule has 0 saturated carbocycles. The highest BCUT2D eigenvalue weighted by atomic mass is 35.5. The highest BCUT2D eigenvalue weighted by molar-refractivity contribution is 8.00. The minimum Gasteiger partial charge on any atom is -0.271 e. The Bertz CT molecular complexity index is 359. The first kappa shape index (κ1) is 14.8. The molecule has 0 fully saturated rings. The van der Waals surface area contributed by atoms with Gasteiger partial charge < -0.3 is 0 Å². The van der Waals surface area contributed by atoms with Crippen molar-refractivity contribution < 1.29 is 0 Å². The van der Waals surface area contributed by atoms with Gasteiger partial charge in [0.15, 0.2) is 0 Å². The molecule has 0 aliphatic heterocycles. The zero-order chi connectivity index (χ0) is 13.1. The molecule has 1 rings (SSSR count). The van der Waals surface area contributed by atoms with Crippen LogP contribution in [0, 0.1) is 0 Å². The molecule has 0 spiro atoms.